The van der Waals surface area contributed by atoms with Crippen LogP contribution in [0.15, 0.2) is 40.8 Å². The van der Waals surface area contributed by atoms with Gasteiger partial charge in [0.2, 0.25) is 0 Å². The lowest BCUT2D eigenvalue weighted by atomic mass is 10.2. The molecule has 23 heavy (non-hydrogen) atoms. The van der Waals surface area contributed by atoms with Gasteiger partial charge < -0.3 is 14.6 Å². The van der Waals surface area contributed by atoms with Crippen molar-refractivity contribution < 1.29 is 14.1 Å². The molecule has 122 valence electrons. The molecule has 1 amide bonds. The standard InChI is InChI=1S/C18H21ClN2O2/c1-12(18(22)20-15-7-8-15)21(2)11-16-9-10-17(23-16)13-3-5-14(19)6-4-13/h3-6,9-10,12,15H,7-8,11H2,1-2H3,(H,20,22)/p+1/t12-/m1/s1. The van der Waals surface area contributed by atoms with E-state index in [9.17, 15) is 4.79 Å². The van der Waals surface area contributed by atoms with E-state index in [2.05, 4.69) is 5.32 Å². The Morgan fingerprint density at radius 3 is 2.65 bits per heavy atom. The minimum absolute atomic E-state index is 0.0975. The predicted octanol–water partition coefficient (Wildman–Crippen LogP) is 2.28. The SMILES string of the molecule is C[C@H](C(=O)NC1CC1)[NH+](C)Cc1ccc(-c2ccc(Cl)cc2)o1. The van der Waals surface area contributed by atoms with E-state index in [0.717, 1.165) is 34.8 Å². The Morgan fingerprint density at radius 2 is 2.00 bits per heavy atom. The number of carbonyl (C=O) groups is 1. The Balaban J connectivity index is 1.61. The fourth-order valence-corrected chi connectivity index (χ4v) is 2.57. The summed E-state index contributed by atoms with van der Waals surface area (Å²) in [5.74, 6) is 1.81. The van der Waals surface area contributed by atoms with Gasteiger partial charge in [-0.15, -0.1) is 0 Å². The first-order chi connectivity index (χ1) is 11.0. The highest BCUT2D eigenvalue weighted by Gasteiger charge is 2.29. The van der Waals surface area contributed by atoms with Crippen molar-refractivity contribution in [2.45, 2.75) is 38.4 Å². The van der Waals surface area contributed by atoms with Gasteiger partial charge in [-0.1, -0.05) is 11.6 Å². The largest absolute Gasteiger partial charge is 0.455 e. The molecule has 2 atom stereocenters. The summed E-state index contributed by atoms with van der Waals surface area (Å²) in [6.45, 7) is 2.63. The third-order valence-electron chi connectivity index (χ3n) is 4.30. The third-order valence-corrected chi connectivity index (χ3v) is 4.55. The van der Waals surface area contributed by atoms with E-state index in [1.165, 1.54) is 0 Å². The minimum atomic E-state index is -0.0975. The summed E-state index contributed by atoms with van der Waals surface area (Å²) in [7, 11) is 2.02. The molecule has 1 aromatic heterocycles. The lowest BCUT2D eigenvalue weighted by molar-refractivity contribution is -0.909. The zero-order valence-electron chi connectivity index (χ0n) is 13.4. The van der Waals surface area contributed by atoms with Crippen molar-refractivity contribution in [1.29, 1.82) is 0 Å². The second-order valence-electron chi connectivity index (χ2n) is 6.30. The maximum atomic E-state index is 12.1. The Bertz CT molecular complexity index is 677. The van der Waals surface area contributed by atoms with Crippen LogP contribution in [-0.4, -0.2) is 25.0 Å². The van der Waals surface area contributed by atoms with Gasteiger partial charge in [0.25, 0.3) is 5.91 Å². The highest BCUT2D eigenvalue weighted by atomic mass is 35.5. The summed E-state index contributed by atoms with van der Waals surface area (Å²) in [4.78, 5) is 13.2. The zero-order chi connectivity index (χ0) is 16.4. The summed E-state index contributed by atoms with van der Waals surface area (Å²) in [6, 6.07) is 11.8. The molecule has 2 N–H and O–H groups in total. The van der Waals surface area contributed by atoms with Gasteiger partial charge in [0, 0.05) is 16.6 Å². The molecule has 1 aliphatic rings. The van der Waals surface area contributed by atoms with Crippen molar-refractivity contribution in [2.24, 2.45) is 0 Å². The molecule has 2 aromatic rings. The Kier molecular flexibility index (Phi) is 4.74. The first-order valence-electron chi connectivity index (χ1n) is 8.00. The Labute approximate surface area is 141 Å². The molecular weight excluding hydrogens is 312 g/mol. The maximum absolute atomic E-state index is 12.1. The molecule has 3 rings (SSSR count). The van der Waals surface area contributed by atoms with Gasteiger partial charge in [-0.2, -0.15) is 0 Å². The van der Waals surface area contributed by atoms with E-state index in [4.69, 9.17) is 16.0 Å². The minimum Gasteiger partial charge on any atom is -0.455 e. The van der Waals surface area contributed by atoms with E-state index in [1.807, 2.05) is 50.4 Å². The molecular formula is C18H22ClN2O2+. The number of benzene rings is 1. The van der Waals surface area contributed by atoms with Crippen molar-refractivity contribution in [2.75, 3.05) is 7.05 Å². The van der Waals surface area contributed by atoms with Crippen molar-refractivity contribution in [1.82, 2.24) is 5.32 Å². The second-order valence-corrected chi connectivity index (χ2v) is 6.74. The van der Waals surface area contributed by atoms with Gasteiger partial charge in [0.15, 0.2) is 11.8 Å². The van der Waals surface area contributed by atoms with E-state index in [-0.39, 0.29) is 11.9 Å². The van der Waals surface area contributed by atoms with Crippen molar-refractivity contribution >= 4 is 17.5 Å². The molecule has 1 aromatic carbocycles. The first-order valence-corrected chi connectivity index (χ1v) is 8.38. The monoisotopic (exact) mass is 333 g/mol. The fraction of sp³-hybridized carbons (Fsp3) is 0.389. The van der Waals surface area contributed by atoms with Crippen molar-refractivity contribution in [3.05, 3.63) is 47.2 Å². The number of hydrogen-bond acceptors (Lipinski definition) is 2. The lowest BCUT2D eigenvalue weighted by Crippen LogP contribution is -3.12. The average Bonchev–Trinajstić information content (AvgIpc) is 3.23. The first kappa shape index (κ1) is 16.1. The van der Waals surface area contributed by atoms with Crippen molar-refractivity contribution in [3.63, 3.8) is 0 Å². The Hall–Kier alpha value is -1.78. The molecule has 1 fully saturated rings. The van der Waals surface area contributed by atoms with Gasteiger partial charge in [-0.25, -0.2) is 0 Å². The van der Waals surface area contributed by atoms with Gasteiger partial charge in [0.05, 0.1) is 7.05 Å². The third kappa shape index (κ3) is 4.15. The van der Waals surface area contributed by atoms with Crippen LogP contribution in [0.1, 0.15) is 25.5 Å². The number of furan rings is 1. The quantitative estimate of drug-likeness (QED) is 0.852. The molecule has 0 radical (unpaired) electrons. The smallest absolute Gasteiger partial charge is 0.278 e. The predicted molar refractivity (Wildman–Crippen MR) is 90.4 cm³/mol. The number of hydrogen-bond donors (Lipinski definition) is 2. The molecule has 0 spiro atoms. The maximum Gasteiger partial charge on any atom is 0.278 e. The van der Waals surface area contributed by atoms with E-state index in [0.29, 0.717) is 17.6 Å². The summed E-state index contributed by atoms with van der Waals surface area (Å²) >= 11 is 5.91. The number of likely N-dealkylation sites (N-methyl/N-ethyl adjacent to an activating group) is 1. The van der Waals surface area contributed by atoms with Crippen LogP contribution < -0.4 is 10.2 Å². The molecule has 0 aliphatic heterocycles. The summed E-state index contributed by atoms with van der Waals surface area (Å²) in [6.07, 6.45) is 2.22. The number of amides is 1. The summed E-state index contributed by atoms with van der Waals surface area (Å²) < 4.78 is 5.91. The number of nitrogens with one attached hydrogen (secondary N) is 2. The van der Waals surface area contributed by atoms with Gasteiger partial charge in [-0.05, 0) is 56.2 Å². The van der Waals surface area contributed by atoms with Crippen LogP contribution in [0.5, 0.6) is 0 Å². The Morgan fingerprint density at radius 1 is 1.30 bits per heavy atom. The van der Waals surface area contributed by atoms with Crippen LogP contribution in [0.25, 0.3) is 11.3 Å². The highest BCUT2D eigenvalue weighted by Crippen LogP contribution is 2.23. The summed E-state index contributed by atoms with van der Waals surface area (Å²) in [5.41, 5.74) is 0.998. The molecule has 0 saturated heterocycles. The molecule has 1 unspecified atom stereocenters. The van der Waals surface area contributed by atoms with Gasteiger partial charge in [-0.3, -0.25) is 4.79 Å². The average molecular weight is 334 g/mol. The van der Waals surface area contributed by atoms with Gasteiger partial charge >= 0.3 is 0 Å². The van der Waals surface area contributed by atoms with Crippen LogP contribution in [0.2, 0.25) is 5.02 Å². The highest BCUT2D eigenvalue weighted by molar-refractivity contribution is 6.30. The van der Waals surface area contributed by atoms with Crippen LogP contribution in [0.4, 0.5) is 0 Å². The molecule has 0 bridgehead atoms. The molecule has 1 heterocycles. The van der Waals surface area contributed by atoms with Crippen molar-refractivity contribution in [3.8, 4) is 11.3 Å². The fourth-order valence-electron chi connectivity index (χ4n) is 2.45. The van der Waals surface area contributed by atoms with Gasteiger partial charge in [0.1, 0.15) is 12.3 Å². The van der Waals surface area contributed by atoms with Crippen LogP contribution in [-0.2, 0) is 11.3 Å². The second kappa shape index (κ2) is 6.77. The number of quaternary nitrogens is 1. The molecule has 1 saturated carbocycles. The normalized spacial score (nSPS) is 16.8. The zero-order valence-corrected chi connectivity index (χ0v) is 14.2. The van der Waals surface area contributed by atoms with E-state index < -0.39 is 0 Å². The molecule has 5 heteroatoms. The molecule has 1 aliphatic carbocycles. The van der Waals surface area contributed by atoms with Crippen LogP contribution in [0.3, 0.4) is 0 Å². The van der Waals surface area contributed by atoms with Crippen LogP contribution >= 0.6 is 11.6 Å². The summed E-state index contributed by atoms with van der Waals surface area (Å²) in [5, 5.41) is 3.76. The number of halogens is 1. The van der Waals surface area contributed by atoms with E-state index in [1.54, 1.807) is 0 Å². The van der Waals surface area contributed by atoms with E-state index >= 15 is 0 Å². The lowest BCUT2D eigenvalue weighted by Gasteiger charge is -2.20. The molecule has 4 nitrogen and oxygen atoms in total. The number of rotatable bonds is 6. The van der Waals surface area contributed by atoms with Crippen LogP contribution in [0, 0.1) is 0 Å². The number of carbonyl (C=O) groups excluding carboxylic acids is 1. The topological polar surface area (TPSA) is 46.7 Å².